The molecule has 0 bridgehead atoms. The average molecular weight is 248 g/mol. The second-order valence-corrected chi connectivity index (χ2v) is 5.31. The van der Waals surface area contributed by atoms with Crippen molar-refractivity contribution in [2.24, 2.45) is 0 Å². The number of rotatable bonds is 4. The molecule has 18 heavy (non-hydrogen) atoms. The molecule has 3 rings (SSSR count). The lowest BCUT2D eigenvalue weighted by molar-refractivity contribution is -0.119. The molecule has 98 valence electrons. The minimum absolute atomic E-state index is 0.143. The summed E-state index contributed by atoms with van der Waals surface area (Å²) in [5.74, 6) is 0.143. The second-order valence-electron chi connectivity index (χ2n) is 5.31. The lowest BCUT2D eigenvalue weighted by atomic mass is 10.2. The highest BCUT2D eigenvalue weighted by molar-refractivity contribution is 5.78. The van der Waals surface area contributed by atoms with Crippen LogP contribution in [0.15, 0.2) is 12.3 Å². The molecule has 5 heteroatoms. The molecule has 1 saturated heterocycles. The van der Waals surface area contributed by atoms with Crippen LogP contribution in [0.2, 0.25) is 0 Å². The zero-order chi connectivity index (χ0) is 12.4. The molecule has 2 heterocycles. The number of aromatic nitrogens is 2. The fourth-order valence-corrected chi connectivity index (χ4v) is 2.84. The second kappa shape index (κ2) is 5.10. The molecular formula is C13H20N4O. The molecule has 1 aliphatic heterocycles. The Kier molecular flexibility index (Phi) is 3.32. The minimum Gasteiger partial charge on any atom is -0.354 e. The van der Waals surface area contributed by atoms with Crippen LogP contribution in [-0.2, 0) is 11.3 Å². The van der Waals surface area contributed by atoms with Crippen LogP contribution in [0.3, 0.4) is 0 Å². The zero-order valence-corrected chi connectivity index (χ0v) is 10.6. The number of amides is 1. The summed E-state index contributed by atoms with van der Waals surface area (Å²) >= 11 is 0. The van der Waals surface area contributed by atoms with Crippen LogP contribution >= 0.6 is 0 Å². The van der Waals surface area contributed by atoms with E-state index in [4.69, 9.17) is 0 Å². The molecule has 2 aliphatic rings. The molecule has 2 fully saturated rings. The maximum Gasteiger partial charge on any atom is 0.221 e. The van der Waals surface area contributed by atoms with Crippen molar-refractivity contribution in [3.05, 3.63) is 18.0 Å². The van der Waals surface area contributed by atoms with Gasteiger partial charge in [0.1, 0.15) is 0 Å². The Labute approximate surface area is 107 Å². The zero-order valence-electron chi connectivity index (χ0n) is 10.6. The first kappa shape index (κ1) is 11.7. The molecular weight excluding hydrogens is 228 g/mol. The van der Waals surface area contributed by atoms with Crippen LogP contribution < -0.4 is 10.6 Å². The van der Waals surface area contributed by atoms with E-state index in [-0.39, 0.29) is 11.9 Å². The Balaban J connectivity index is 1.52. The summed E-state index contributed by atoms with van der Waals surface area (Å²) in [5, 5.41) is 10.8. The number of nitrogens with one attached hydrogen (secondary N) is 2. The predicted octanol–water partition coefficient (Wildman–Crippen LogP) is 0.976. The van der Waals surface area contributed by atoms with Crippen molar-refractivity contribution >= 4 is 5.91 Å². The molecule has 0 aromatic carbocycles. The Morgan fingerprint density at radius 2 is 2.28 bits per heavy atom. The first-order valence-corrected chi connectivity index (χ1v) is 6.85. The predicted molar refractivity (Wildman–Crippen MR) is 68.0 cm³/mol. The Morgan fingerprint density at radius 1 is 1.44 bits per heavy atom. The number of carbonyl (C=O) groups is 1. The summed E-state index contributed by atoms with van der Waals surface area (Å²) in [5.41, 5.74) is 1.07. The van der Waals surface area contributed by atoms with Gasteiger partial charge in [0.25, 0.3) is 0 Å². The number of nitrogens with zero attached hydrogens (tertiary/aromatic N) is 2. The maximum absolute atomic E-state index is 11.1. The summed E-state index contributed by atoms with van der Waals surface area (Å²) in [6, 6.07) is 2.94. The van der Waals surface area contributed by atoms with Crippen molar-refractivity contribution in [1.29, 1.82) is 0 Å². The van der Waals surface area contributed by atoms with Gasteiger partial charge in [-0.1, -0.05) is 12.8 Å². The van der Waals surface area contributed by atoms with E-state index in [0.717, 1.165) is 18.8 Å². The number of carbonyl (C=O) groups excluding carboxylic acids is 1. The van der Waals surface area contributed by atoms with Crippen molar-refractivity contribution < 1.29 is 4.79 Å². The first-order chi connectivity index (χ1) is 8.81. The molecule has 2 N–H and O–H groups in total. The van der Waals surface area contributed by atoms with E-state index in [1.165, 1.54) is 25.7 Å². The van der Waals surface area contributed by atoms with Gasteiger partial charge in [-0.3, -0.25) is 9.48 Å². The fourth-order valence-electron chi connectivity index (χ4n) is 2.84. The van der Waals surface area contributed by atoms with Crippen molar-refractivity contribution in [1.82, 2.24) is 20.4 Å². The normalized spacial score (nSPS) is 24.7. The number of hydrogen-bond donors (Lipinski definition) is 2. The fraction of sp³-hybridized carbons (Fsp3) is 0.692. The third-order valence-corrected chi connectivity index (χ3v) is 3.91. The van der Waals surface area contributed by atoms with E-state index < -0.39 is 0 Å². The molecule has 1 aliphatic carbocycles. The van der Waals surface area contributed by atoms with Crippen LogP contribution in [0.1, 0.15) is 43.8 Å². The molecule has 1 saturated carbocycles. The summed E-state index contributed by atoms with van der Waals surface area (Å²) in [4.78, 5) is 11.1. The molecule has 0 spiro atoms. The van der Waals surface area contributed by atoms with Crippen molar-refractivity contribution in [2.45, 2.75) is 50.7 Å². The molecule has 1 aromatic rings. The Bertz CT molecular complexity index is 422. The van der Waals surface area contributed by atoms with E-state index in [2.05, 4.69) is 32.7 Å². The van der Waals surface area contributed by atoms with Crippen LogP contribution in [-0.4, -0.2) is 28.3 Å². The Hall–Kier alpha value is -1.36. The maximum atomic E-state index is 11.1. The largest absolute Gasteiger partial charge is 0.354 e. The quantitative estimate of drug-likeness (QED) is 0.835. The SMILES string of the molecule is O=C1CC(NCc2ccn(C3CCCC3)n2)CN1. The van der Waals surface area contributed by atoms with Gasteiger partial charge in [0.15, 0.2) is 0 Å². The van der Waals surface area contributed by atoms with Gasteiger partial charge in [-0.15, -0.1) is 0 Å². The van der Waals surface area contributed by atoms with Crippen LogP contribution in [0.5, 0.6) is 0 Å². The lowest BCUT2D eigenvalue weighted by Crippen LogP contribution is -2.30. The third-order valence-electron chi connectivity index (χ3n) is 3.91. The summed E-state index contributed by atoms with van der Waals surface area (Å²) in [6.45, 7) is 1.49. The highest BCUT2D eigenvalue weighted by Crippen LogP contribution is 2.28. The van der Waals surface area contributed by atoms with Crippen LogP contribution in [0, 0.1) is 0 Å². The van der Waals surface area contributed by atoms with Crippen molar-refractivity contribution in [3.63, 3.8) is 0 Å². The first-order valence-electron chi connectivity index (χ1n) is 6.85. The molecule has 1 unspecified atom stereocenters. The van der Waals surface area contributed by atoms with Crippen molar-refractivity contribution in [2.75, 3.05) is 6.54 Å². The van der Waals surface area contributed by atoms with Gasteiger partial charge in [0.05, 0.1) is 11.7 Å². The van der Waals surface area contributed by atoms with E-state index in [1.807, 2.05) is 0 Å². The van der Waals surface area contributed by atoms with Gasteiger partial charge < -0.3 is 10.6 Å². The van der Waals surface area contributed by atoms with E-state index in [9.17, 15) is 4.79 Å². The minimum atomic E-state index is 0.143. The summed E-state index contributed by atoms with van der Waals surface area (Å²) < 4.78 is 2.11. The van der Waals surface area contributed by atoms with Crippen LogP contribution in [0.25, 0.3) is 0 Å². The standard InChI is InChI=1S/C13H20N4O/c18-13-7-11(9-15-13)14-8-10-5-6-17(16-10)12-3-1-2-4-12/h5-6,11-12,14H,1-4,7-9H2,(H,15,18). The summed E-state index contributed by atoms with van der Waals surface area (Å²) in [7, 11) is 0. The highest BCUT2D eigenvalue weighted by Gasteiger charge is 2.21. The topological polar surface area (TPSA) is 59.0 Å². The molecule has 0 radical (unpaired) electrons. The van der Waals surface area contributed by atoms with Gasteiger partial charge >= 0.3 is 0 Å². The molecule has 5 nitrogen and oxygen atoms in total. The molecule has 1 atom stereocenters. The smallest absolute Gasteiger partial charge is 0.221 e. The summed E-state index contributed by atoms with van der Waals surface area (Å²) in [6.07, 6.45) is 7.85. The van der Waals surface area contributed by atoms with Gasteiger partial charge in [-0.25, -0.2) is 0 Å². The number of hydrogen-bond acceptors (Lipinski definition) is 3. The van der Waals surface area contributed by atoms with Gasteiger partial charge in [0, 0.05) is 31.7 Å². The third kappa shape index (κ3) is 2.56. The van der Waals surface area contributed by atoms with Gasteiger partial charge in [0.2, 0.25) is 5.91 Å². The Morgan fingerprint density at radius 3 is 3.00 bits per heavy atom. The molecule has 1 amide bonds. The van der Waals surface area contributed by atoms with E-state index >= 15 is 0 Å². The lowest BCUT2D eigenvalue weighted by Gasteiger charge is -2.10. The van der Waals surface area contributed by atoms with E-state index in [1.54, 1.807) is 0 Å². The average Bonchev–Trinajstić information content (AvgIpc) is 3.07. The van der Waals surface area contributed by atoms with Gasteiger partial charge in [-0.2, -0.15) is 5.10 Å². The van der Waals surface area contributed by atoms with Crippen LogP contribution in [0.4, 0.5) is 0 Å². The van der Waals surface area contributed by atoms with Gasteiger partial charge in [-0.05, 0) is 18.9 Å². The molecule has 1 aromatic heterocycles. The van der Waals surface area contributed by atoms with E-state index in [0.29, 0.717) is 12.5 Å². The highest BCUT2D eigenvalue weighted by atomic mass is 16.1. The van der Waals surface area contributed by atoms with Crippen molar-refractivity contribution in [3.8, 4) is 0 Å². The monoisotopic (exact) mass is 248 g/mol.